The van der Waals surface area contributed by atoms with Gasteiger partial charge in [0.2, 0.25) is 0 Å². The fraction of sp³-hybridized carbons (Fsp3) is 0.0909. The van der Waals surface area contributed by atoms with Gasteiger partial charge in [-0.1, -0.05) is 24.3 Å². The average molecular weight is 417 g/mol. The number of hydrogen-bond acceptors (Lipinski definition) is 5. The number of carbonyl (C=O) groups is 2. The van der Waals surface area contributed by atoms with Crippen LogP contribution in [0.25, 0.3) is 5.69 Å². The Kier molecular flexibility index (Phi) is 5.67. The molecule has 1 atom stereocenters. The molecule has 2 N–H and O–H groups in total. The smallest absolute Gasteiger partial charge is 0.265 e. The van der Waals surface area contributed by atoms with Crippen LogP contribution in [0.4, 0.5) is 5.69 Å². The molecule has 8 heteroatoms. The number of benzene rings is 2. The van der Waals surface area contributed by atoms with E-state index in [2.05, 4.69) is 20.7 Å². The molecule has 2 aromatic carbocycles. The van der Waals surface area contributed by atoms with Gasteiger partial charge in [0.25, 0.3) is 11.8 Å². The second-order valence-electron chi connectivity index (χ2n) is 6.64. The lowest BCUT2D eigenvalue weighted by atomic mass is 10.1. The molecule has 4 rings (SSSR count). The minimum absolute atomic E-state index is 0.188. The normalized spacial score (nSPS) is 11.6. The van der Waals surface area contributed by atoms with Crippen molar-refractivity contribution in [3.05, 3.63) is 94.7 Å². The van der Waals surface area contributed by atoms with Crippen molar-refractivity contribution in [3.8, 4) is 5.69 Å². The van der Waals surface area contributed by atoms with E-state index in [4.69, 9.17) is 0 Å². The van der Waals surface area contributed by atoms with Crippen molar-refractivity contribution < 1.29 is 9.59 Å². The van der Waals surface area contributed by atoms with E-state index < -0.39 is 0 Å². The highest BCUT2D eigenvalue weighted by Gasteiger charge is 2.13. The van der Waals surface area contributed by atoms with Crippen LogP contribution in [0.5, 0.6) is 0 Å². The second kappa shape index (κ2) is 8.71. The van der Waals surface area contributed by atoms with E-state index in [-0.39, 0.29) is 17.9 Å². The summed E-state index contributed by atoms with van der Waals surface area (Å²) in [7, 11) is 0. The van der Waals surface area contributed by atoms with Crippen molar-refractivity contribution in [3.63, 3.8) is 0 Å². The summed E-state index contributed by atoms with van der Waals surface area (Å²) in [6.07, 6.45) is 3.11. The maximum atomic E-state index is 12.7. The molecule has 30 heavy (non-hydrogen) atoms. The van der Waals surface area contributed by atoms with Crippen LogP contribution in [0.1, 0.15) is 38.6 Å². The topological polar surface area (TPSA) is 88.9 Å². The lowest BCUT2D eigenvalue weighted by Gasteiger charge is -2.15. The molecule has 150 valence electrons. The predicted octanol–water partition coefficient (Wildman–Crippen LogP) is 4.07. The maximum absolute atomic E-state index is 12.7. The number of hydrogen-bond donors (Lipinski definition) is 2. The third-order valence-electron chi connectivity index (χ3n) is 4.55. The van der Waals surface area contributed by atoms with Crippen molar-refractivity contribution in [1.29, 1.82) is 0 Å². The molecule has 0 bridgehead atoms. The van der Waals surface area contributed by atoms with Gasteiger partial charge in [-0.2, -0.15) is 5.10 Å². The van der Waals surface area contributed by atoms with Crippen molar-refractivity contribution in [2.45, 2.75) is 13.0 Å². The van der Waals surface area contributed by atoms with E-state index in [0.717, 1.165) is 11.3 Å². The third-order valence-corrected chi connectivity index (χ3v) is 5.42. The van der Waals surface area contributed by atoms with Crippen LogP contribution in [0.3, 0.4) is 0 Å². The number of nitrogens with one attached hydrogen (secondary N) is 2. The maximum Gasteiger partial charge on any atom is 0.265 e. The molecule has 0 saturated carbocycles. The highest BCUT2D eigenvalue weighted by molar-refractivity contribution is 7.12. The number of carbonyl (C=O) groups excluding carboxylic acids is 2. The van der Waals surface area contributed by atoms with Crippen LogP contribution >= 0.6 is 11.3 Å². The van der Waals surface area contributed by atoms with Gasteiger partial charge < -0.3 is 10.6 Å². The molecule has 0 saturated heterocycles. The van der Waals surface area contributed by atoms with Gasteiger partial charge in [-0.25, -0.2) is 9.67 Å². The molecule has 0 aliphatic carbocycles. The fourth-order valence-corrected chi connectivity index (χ4v) is 3.58. The van der Waals surface area contributed by atoms with E-state index in [1.165, 1.54) is 17.7 Å². The zero-order valence-electron chi connectivity index (χ0n) is 16.1. The number of anilines is 1. The Balaban J connectivity index is 1.41. The van der Waals surface area contributed by atoms with E-state index in [9.17, 15) is 9.59 Å². The summed E-state index contributed by atoms with van der Waals surface area (Å²) in [6, 6.07) is 18.0. The van der Waals surface area contributed by atoms with Crippen LogP contribution in [0.2, 0.25) is 0 Å². The SMILES string of the molecule is CC(NC(=O)c1cccc(NC(=O)c2cccs2)c1)c1ccc(-n2cncn2)cc1. The van der Waals surface area contributed by atoms with E-state index in [1.807, 2.05) is 42.6 Å². The van der Waals surface area contributed by atoms with Crippen molar-refractivity contribution in [2.75, 3.05) is 5.32 Å². The first-order valence-electron chi connectivity index (χ1n) is 9.31. The second-order valence-corrected chi connectivity index (χ2v) is 7.59. The van der Waals surface area contributed by atoms with Crippen molar-refractivity contribution in [2.24, 2.45) is 0 Å². The molecule has 0 aliphatic heterocycles. The fourth-order valence-electron chi connectivity index (χ4n) is 2.96. The minimum atomic E-state index is -0.213. The zero-order valence-corrected chi connectivity index (χ0v) is 17.0. The molecule has 2 aromatic heterocycles. The predicted molar refractivity (Wildman–Crippen MR) is 116 cm³/mol. The third kappa shape index (κ3) is 4.44. The molecule has 1 unspecified atom stereocenters. The summed E-state index contributed by atoms with van der Waals surface area (Å²) in [4.78, 5) is 29.5. The molecule has 0 radical (unpaired) electrons. The highest BCUT2D eigenvalue weighted by Crippen LogP contribution is 2.18. The van der Waals surface area contributed by atoms with Gasteiger partial charge in [-0.15, -0.1) is 11.3 Å². The molecule has 0 aliphatic rings. The lowest BCUT2D eigenvalue weighted by molar-refractivity contribution is 0.0938. The molecule has 0 spiro atoms. The number of amides is 2. The Bertz CT molecular complexity index is 1140. The van der Waals surface area contributed by atoms with E-state index in [0.29, 0.717) is 16.1 Å². The molecule has 7 nitrogen and oxygen atoms in total. The molecular formula is C22H19N5O2S. The largest absolute Gasteiger partial charge is 0.346 e. The first kappa shape index (κ1) is 19.5. The first-order valence-corrected chi connectivity index (χ1v) is 10.2. The Hall–Kier alpha value is -3.78. The molecule has 2 heterocycles. The van der Waals surface area contributed by atoms with Crippen LogP contribution < -0.4 is 10.6 Å². The van der Waals surface area contributed by atoms with Gasteiger partial charge in [0, 0.05) is 11.3 Å². The Morgan fingerprint density at radius 2 is 1.87 bits per heavy atom. The summed E-state index contributed by atoms with van der Waals surface area (Å²) in [5.74, 6) is -0.404. The van der Waals surface area contributed by atoms with Crippen LogP contribution in [0, 0.1) is 0 Å². The van der Waals surface area contributed by atoms with Crippen LogP contribution in [0.15, 0.2) is 78.7 Å². The minimum Gasteiger partial charge on any atom is -0.346 e. The number of rotatable bonds is 6. The number of nitrogens with zero attached hydrogens (tertiary/aromatic N) is 3. The summed E-state index contributed by atoms with van der Waals surface area (Å²) >= 11 is 1.37. The van der Waals surface area contributed by atoms with Crippen molar-refractivity contribution >= 4 is 28.8 Å². The Morgan fingerprint density at radius 3 is 2.57 bits per heavy atom. The summed E-state index contributed by atoms with van der Waals surface area (Å²) < 4.78 is 1.67. The molecule has 4 aromatic rings. The van der Waals surface area contributed by atoms with E-state index >= 15 is 0 Å². The summed E-state index contributed by atoms with van der Waals surface area (Å²) in [5, 5.41) is 11.8. The molecule has 0 fully saturated rings. The van der Waals surface area contributed by atoms with Gasteiger partial charge in [-0.05, 0) is 54.3 Å². The van der Waals surface area contributed by atoms with Gasteiger partial charge in [-0.3, -0.25) is 9.59 Å². The first-order chi connectivity index (χ1) is 14.6. The van der Waals surface area contributed by atoms with Gasteiger partial charge in [0.15, 0.2) is 0 Å². The van der Waals surface area contributed by atoms with Crippen molar-refractivity contribution in [1.82, 2.24) is 20.1 Å². The molecular weight excluding hydrogens is 398 g/mol. The van der Waals surface area contributed by atoms with E-state index in [1.54, 1.807) is 41.3 Å². The van der Waals surface area contributed by atoms with Gasteiger partial charge in [0.05, 0.1) is 16.6 Å². The standard InChI is InChI=1S/C22H19N5O2S/c1-15(16-7-9-19(10-8-16)27-14-23-13-24-27)25-21(28)17-4-2-5-18(12-17)26-22(29)20-6-3-11-30-20/h2-15H,1H3,(H,25,28)(H,26,29). The highest BCUT2D eigenvalue weighted by atomic mass is 32.1. The lowest BCUT2D eigenvalue weighted by Crippen LogP contribution is -2.26. The van der Waals surface area contributed by atoms with Crippen LogP contribution in [-0.4, -0.2) is 26.6 Å². The zero-order chi connectivity index (χ0) is 20.9. The van der Waals surface area contributed by atoms with Gasteiger partial charge in [0.1, 0.15) is 12.7 Å². The Morgan fingerprint density at radius 1 is 1.03 bits per heavy atom. The quantitative estimate of drug-likeness (QED) is 0.495. The number of aromatic nitrogens is 3. The average Bonchev–Trinajstić information content (AvgIpc) is 3.48. The van der Waals surface area contributed by atoms with Crippen LogP contribution in [-0.2, 0) is 0 Å². The summed E-state index contributed by atoms with van der Waals surface area (Å²) in [5.41, 5.74) is 2.91. The Labute approximate surface area is 177 Å². The monoisotopic (exact) mass is 417 g/mol. The number of thiophene rings is 1. The molecule has 2 amide bonds. The summed E-state index contributed by atoms with van der Waals surface area (Å²) in [6.45, 7) is 1.92. The van der Waals surface area contributed by atoms with Gasteiger partial charge >= 0.3 is 0 Å².